The van der Waals surface area contributed by atoms with Crippen LogP contribution >= 0.6 is 0 Å². The summed E-state index contributed by atoms with van der Waals surface area (Å²) >= 11 is 0. The number of benzene rings is 1. The Labute approximate surface area is 142 Å². The van der Waals surface area contributed by atoms with Crippen molar-refractivity contribution in [1.82, 2.24) is 10.2 Å². The Morgan fingerprint density at radius 1 is 1.29 bits per heavy atom. The van der Waals surface area contributed by atoms with Gasteiger partial charge in [0.05, 0.1) is 0 Å². The van der Waals surface area contributed by atoms with Crippen molar-refractivity contribution in [2.75, 3.05) is 19.9 Å². The first kappa shape index (κ1) is 16.6. The van der Waals surface area contributed by atoms with Crippen LogP contribution in [0.5, 0.6) is 11.5 Å². The van der Waals surface area contributed by atoms with Crippen LogP contribution in [0.25, 0.3) is 0 Å². The first-order chi connectivity index (χ1) is 11.6. The molecule has 1 aromatic rings. The zero-order valence-corrected chi connectivity index (χ0v) is 14.2. The zero-order valence-electron chi connectivity index (χ0n) is 14.2. The molecule has 0 spiro atoms. The quantitative estimate of drug-likeness (QED) is 0.897. The molecular formula is C18H24N2O4. The van der Waals surface area contributed by atoms with Gasteiger partial charge in [0.2, 0.25) is 12.7 Å². The van der Waals surface area contributed by atoms with Crippen LogP contribution in [0.3, 0.4) is 0 Å². The fourth-order valence-electron chi connectivity index (χ4n) is 3.08. The van der Waals surface area contributed by atoms with Gasteiger partial charge in [0.1, 0.15) is 6.04 Å². The molecule has 3 rings (SSSR count). The van der Waals surface area contributed by atoms with Gasteiger partial charge in [0.25, 0.3) is 5.91 Å². The summed E-state index contributed by atoms with van der Waals surface area (Å²) in [5.74, 6) is 1.59. The van der Waals surface area contributed by atoms with E-state index in [1.165, 1.54) is 0 Å². The Morgan fingerprint density at radius 2 is 2.08 bits per heavy atom. The summed E-state index contributed by atoms with van der Waals surface area (Å²) in [6, 6.07) is 4.78. The van der Waals surface area contributed by atoms with Crippen LogP contribution in [-0.4, -0.2) is 42.6 Å². The third-order valence-electron chi connectivity index (χ3n) is 4.46. The first-order valence-electron chi connectivity index (χ1n) is 8.54. The lowest BCUT2D eigenvalue weighted by molar-refractivity contribution is -0.124. The number of amides is 2. The highest BCUT2D eigenvalue weighted by molar-refractivity contribution is 5.98. The maximum atomic E-state index is 12.8. The maximum absolute atomic E-state index is 12.8. The van der Waals surface area contributed by atoms with Crippen molar-refractivity contribution < 1.29 is 19.1 Å². The monoisotopic (exact) mass is 332 g/mol. The molecule has 1 unspecified atom stereocenters. The van der Waals surface area contributed by atoms with Crippen LogP contribution in [0.2, 0.25) is 0 Å². The van der Waals surface area contributed by atoms with Gasteiger partial charge in [-0.15, -0.1) is 0 Å². The molecule has 130 valence electrons. The van der Waals surface area contributed by atoms with E-state index >= 15 is 0 Å². The standard InChI is InChI=1S/C18H24N2O4/c1-12(2)7-8-19-17(21)14-4-3-9-20(14)18(22)13-5-6-15-16(10-13)24-11-23-15/h5-6,10,12,14H,3-4,7-9,11H2,1-2H3,(H,19,21). The topological polar surface area (TPSA) is 67.9 Å². The number of carbonyl (C=O) groups is 2. The minimum Gasteiger partial charge on any atom is -0.454 e. The van der Waals surface area contributed by atoms with E-state index in [1.807, 2.05) is 0 Å². The van der Waals surface area contributed by atoms with Crippen molar-refractivity contribution >= 4 is 11.8 Å². The normalized spacial score (nSPS) is 19.0. The number of nitrogens with zero attached hydrogens (tertiary/aromatic N) is 1. The number of ether oxygens (including phenoxy) is 2. The molecule has 1 aromatic carbocycles. The van der Waals surface area contributed by atoms with E-state index < -0.39 is 0 Å². The molecule has 1 fully saturated rings. The molecule has 6 nitrogen and oxygen atoms in total. The van der Waals surface area contributed by atoms with Crippen molar-refractivity contribution in [3.8, 4) is 11.5 Å². The van der Waals surface area contributed by atoms with E-state index in [0.29, 0.717) is 42.5 Å². The minimum atomic E-state index is -0.380. The van der Waals surface area contributed by atoms with Crippen molar-refractivity contribution in [2.45, 2.75) is 39.2 Å². The highest BCUT2D eigenvalue weighted by atomic mass is 16.7. The predicted octanol–water partition coefficient (Wildman–Crippen LogP) is 2.18. The van der Waals surface area contributed by atoms with Gasteiger partial charge in [-0.3, -0.25) is 9.59 Å². The van der Waals surface area contributed by atoms with Crippen molar-refractivity contribution in [3.05, 3.63) is 23.8 Å². The Balaban J connectivity index is 1.66. The largest absolute Gasteiger partial charge is 0.454 e. The number of fused-ring (bicyclic) bond motifs is 1. The van der Waals surface area contributed by atoms with Gasteiger partial charge in [-0.1, -0.05) is 13.8 Å². The summed E-state index contributed by atoms with van der Waals surface area (Å²) in [5.41, 5.74) is 0.529. The Kier molecular flexibility index (Phi) is 4.92. The van der Waals surface area contributed by atoms with Gasteiger partial charge < -0.3 is 19.7 Å². The highest BCUT2D eigenvalue weighted by Gasteiger charge is 2.34. The number of rotatable bonds is 5. The molecule has 0 aliphatic carbocycles. The Hall–Kier alpha value is -2.24. The summed E-state index contributed by atoms with van der Waals surface area (Å²) in [5, 5.41) is 2.96. The molecule has 24 heavy (non-hydrogen) atoms. The number of hydrogen-bond donors (Lipinski definition) is 1. The van der Waals surface area contributed by atoms with Gasteiger partial charge in [-0.2, -0.15) is 0 Å². The van der Waals surface area contributed by atoms with E-state index in [9.17, 15) is 9.59 Å². The molecule has 1 saturated heterocycles. The van der Waals surface area contributed by atoms with Gasteiger partial charge in [0.15, 0.2) is 11.5 Å². The Morgan fingerprint density at radius 3 is 2.88 bits per heavy atom. The fraction of sp³-hybridized carbons (Fsp3) is 0.556. The number of nitrogens with one attached hydrogen (secondary N) is 1. The highest BCUT2D eigenvalue weighted by Crippen LogP contribution is 2.33. The van der Waals surface area contributed by atoms with E-state index in [0.717, 1.165) is 12.8 Å². The molecule has 2 amide bonds. The van der Waals surface area contributed by atoms with Crippen molar-refractivity contribution in [3.63, 3.8) is 0 Å². The third kappa shape index (κ3) is 3.47. The molecule has 2 heterocycles. The summed E-state index contributed by atoms with van der Waals surface area (Å²) < 4.78 is 10.6. The second-order valence-corrected chi connectivity index (χ2v) is 6.70. The van der Waals surface area contributed by atoms with E-state index in [1.54, 1.807) is 23.1 Å². The molecule has 2 aliphatic rings. The van der Waals surface area contributed by atoms with Gasteiger partial charge in [-0.05, 0) is 43.4 Å². The lowest BCUT2D eigenvalue weighted by atomic mass is 10.1. The lowest BCUT2D eigenvalue weighted by Crippen LogP contribution is -2.46. The predicted molar refractivity (Wildman–Crippen MR) is 89.1 cm³/mol. The second-order valence-electron chi connectivity index (χ2n) is 6.70. The SMILES string of the molecule is CC(C)CCNC(=O)C1CCCN1C(=O)c1ccc2c(c1)OCO2. The average molecular weight is 332 g/mol. The minimum absolute atomic E-state index is 0.0535. The summed E-state index contributed by atoms with van der Waals surface area (Å²) in [4.78, 5) is 26.9. The fourth-order valence-corrected chi connectivity index (χ4v) is 3.08. The number of hydrogen-bond acceptors (Lipinski definition) is 4. The molecular weight excluding hydrogens is 308 g/mol. The van der Waals surface area contributed by atoms with Crippen LogP contribution in [0.4, 0.5) is 0 Å². The molecule has 0 radical (unpaired) electrons. The summed E-state index contributed by atoms with van der Waals surface area (Å²) in [6.07, 6.45) is 2.50. The van der Waals surface area contributed by atoms with Crippen molar-refractivity contribution in [1.29, 1.82) is 0 Å². The van der Waals surface area contributed by atoms with Crippen LogP contribution < -0.4 is 14.8 Å². The Bertz CT molecular complexity index is 629. The molecule has 1 N–H and O–H groups in total. The molecule has 0 aromatic heterocycles. The summed E-state index contributed by atoms with van der Waals surface area (Å²) in [7, 11) is 0. The third-order valence-corrected chi connectivity index (χ3v) is 4.46. The molecule has 6 heteroatoms. The molecule has 1 atom stereocenters. The number of carbonyl (C=O) groups excluding carboxylic acids is 2. The molecule has 0 saturated carbocycles. The van der Waals surface area contributed by atoms with Crippen LogP contribution in [-0.2, 0) is 4.79 Å². The molecule has 2 aliphatic heterocycles. The van der Waals surface area contributed by atoms with Gasteiger partial charge in [0, 0.05) is 18.7 Å². The summed E-state index contributed by atoms with van der Waals surface area (Å²) in [6.45, 7) is 5.68. The van der Waals surface area contributed by atoms with E-state index in [-0.39, 0.29) is 24.6 Å². The maximum Gasteiger partial charge on any atom is 0.254 e. The van der Waals surface area contributed by atoms with Crippen LogP contribution in [0, 0.1) is 5.92 Å². The first-order valence-corrected chi connectivity index (χ1v) is 8.54. The van der Waals surface area contributed by atoms with E-state index in [2.05, 4.69) is 19.2 Å². The van der Waals surface area contributed by atoms with E-state index in [4.69, 9.17) is 9.47 Å². The van der Waals surface area contributed by atoms with Crippen LogP contribution in [0.1, 0.15) is 43.5 Å². The number of likely N-dealkylation sites (tertiary alicyclic amines) is 1. The molecule has 0 bridgehead atoms. The zero-order chi connectivity index (χ0) is 17.1. The van der Waals surface area contributed by atoms with Gasteiger partial charge >= 0.3 is 0 Å². The van der Waals surface area contributed by atoms with Crippen molar-refractivity contribution in [2.24, 2.45) is 5.92 Å². The average Bonchev–Trinajstić information content (AvgIpc) is 3.22. The lowest BCUT2D eigenvalue weighted by Gasteiger charge is -2.24. The smallest absolute Gasteiger partial charge is 0.254 e. The second kappa shape index (κ2) is 7.11. The van der Waals surface area contributed by atoms with Crippen LogP contribution in [0.15, 0.2) is 18.2 Å². The van der Waals surface area contributed by atoms with Gasteiger partial charge in [-0.25, -0.2) is 0 Å².